The number of hydrogen-bond acceptors (Lipinski definition) is 3. The molecule has 1 fully saturated rings. The van der Waals surface area contributed by atoms with Gasteiger partial charge in [0.25, 0.3) is 5.91 Å². The maximum absolute atomic E-state index is 12.4. The first-order valence-corrected chi connectivity index (χ1v) is 7.61. The number of rotatable bonds is 5. The van der Waals surface area contributed by atoms with Crippen molar-refractivity contribution in [3.8, 4) is 0 Å². The molecule has 0 saturated carbocycles. The first kappa shape index (κ1) is 15.0. The fraction of sp³-hybridized carbons (Fsp3) is 0.733. The lowest BCUT2D eigenvalue weighted by Gasteiger charge is -2.31. The summed E-state index contributed by atoms with van der Waals surface area (Å²) in [6.45, 7) is 6.97. The topological polar surface area (TPSA) is 61.0 Å². The molecule has 5 nitrogen and oxygen atoms in total. The van der Waals surface area contributed by atoms with Gasteiger partial charge in [-0.3, -0.25) is 9.89 Å². The van der Waals surface area contributed by atoms with Crippen LogP contribution in [0, 0.1) is 5.92 Å². The molecule has 2 rings (SSSR count). The molecule has 1 aliphatic heterocycles. The molecular formula is C15H26N4O. The lowest BCUT2D eigenvalue weighted by atomic mass is 9.93. The van der Waals surface area contributed by atoms with E-state index in [0.717, 1.165) is 44.1 Å². The second kappa shape index (κ2) is 6.88. The van der Waals surface area contributed by atoms with E-state index in [4.69, 9.17) is 0 Å². The van der Waals surface area contributed by atoms with Crippen molar-refractivity contribution in [1.82, 2.24) is 20.4 Å². The highest BCUT2D eigenvalue weighted by atomic mass is 16.2. The van der Waals surface area contributed by atoms with Crippen LogP contribution in [0.4, 0.5) is 0 Å². The van der Waals surface area contributed by atoms with E-state index >= 15 is 0 Å². The number of amides is 1. The van der Waals surface area contributed by atoms with Crippen molar-refractivity contribution in [2.24, 2.45) is 5.92 Å². The molecule has 112 valence electrons. The fourth-order valence-electron chi connectivity index (χ4n) is 2.68. The van der Waals surface area contributed by atoms with Gasteiger partial charge in [0.05, 0.1) is 0 Å². The lowest BCUT2D eigenvalue weighted by Crippen LogP contribution is -2.39. The molecule has 0 radical (unpaired) electrons. The summed E-state index contributed by atoms with van der Waals surface area (Å²) in [7, 11) is 1.99. The number of aromatic amines is 1. The van der Waals surface area contributed by atoms with Crippen LogP contribution >= 0.6 is 0 Å². The number of piperidine rings is 1. The second-order valence-corrected chi connectivity index (χ2v) is 5.99. The number of H-pyrrole nitrogens is 1. The minimum absolute atomic E-state index is 0.0696. The molecule has 1 saturated heterocycles. The number of nitrogens with zero attached hydrogens (tertiary/aromatic N) is 2. The molecule has 0 atom stereocenters. The van der Waals surface area contributed by atoms with Gasteiger partial charge in [0, 0.05) is 18.8 Å². The summed E-state index contributed by atoms with van der Waals surface area (Å²) in [6.07, 6.45) is 3.42. The largest absolute Gasteiger partial charge is 0.337 e. The number of nitrogens with one attached hydrogen (secondary N) is 2. The van der Waals surface area contributed by atoms with Gasteiger partial charge in [0.15, 0.2) is 0 Å². The molecule has 2 heterocycles. The third kappa shape index (κ3) is 3.60. The molecule has 1 aromatic heterocycles. The summed E-state index contributed by atoms with van der Waals surface area (Å²) in [5.74, 6) is 1.19. The van der Waals surface area contributed by atoms with Crippen LogP contribution in [-0.2, 0) is 0 Å². The average Bonchev–Trinajstić information content (AvgIpc) is 2.95. The summed E-state index contributed by atoms with van der Waals surface area (Å²) in [5.41, 5.74) is 1.58. The Morgan fingerprint density at radius 2 is 2.20 bits per heavy atom. The van der Waals surface area contributed by atoms with E-state index in [2.05, 4.69) is 29.4 Å². The molecule has 2 N–H and O–H groups in total. The van der Waals surface area contributed by atoms with Gasteiger partial charge in [-0.25, -0.2) is 0 Å². The van der Waals surface area contributed by atoms with Gasteiger partial charge in [-0.1, -0.05) is 13.8 Å². The molecule has 5 heteroatoms. The molecule has 0 aromatic carbocycles. The number of likely N-dealkylation sites (tertiary alicyclic amines) is 1. The Balaban J connectivity index is 1.87. The summed E-state index contributed by atoms with van der Waals surface area (Å²) in [6, 6.07) is 1.89. The monoisotopic (exact) mass is 278 g/mol. The maximum atomic E-state index is 12.4. The number of aromatic nitrogens is 2. The Hall–Kier alpha value is -1.36. The average molecular weight is 278 g/mol. The number of carbonyl (C=O) groups is 1. The van der Waals surface area contributed by atoms with Crippen LogP contribution in [-0.4, -0.2) is 47.7 Å². The van der Waals surface area contributed by atoms with Crippen LogP contribution in [0.3, 0.4) is 0 Å². The standard InChI is InChI=1S/C15H26N4O/c1-11(2)13-10-14(18-17-13)15(20)19-8-5-12(6-9-19)4-7-16-3/h10-12,16H,4-9H2,1-3H3,(H,17,18). The Bertz CT molecular complexity index is 433. The van der Waals surface area contributed by atoms with Crippen molar-refractivity contribution < 1.29 is 4.79 Å². The maximum Gasteiger partial charge on any atom is 0.274 e. The second-order valence-electron chi connectivity index (χ2n) is 5.99. The SMILES string of the molecule is CNCCC1CCN(C(=O)c2cc(C(C)C)[nH]n2)CC1. The summed E-state index contributed by atoms with van der Waals surface area (Å²) in [5, 5.41) is 10.3. The Kier molecular flexibility index (Phi) is 5.17. The molecule has 1 aliphatic rings. The Labute approximate surface area is 121 Å². The first-order valence-electron chi connectivity index (χ1n) is 7.61. The highest BCUT2D eigenvalue weighted by Crippen LogP contribution is 2.21. The van der Waals surface area contributed by atoms with Crippen LogP contribution < -0.4 is 5.32 Å². The molecule has 0 bridgehead atoms. The van der Waals surface area contributed by atoms with Crippen molar-refractivity contribution in [2.75, 3.05) is 26.7 Å². The van der Waals surface area contributed by atoms with Crippen LogP contribution in [0.15, 0.2) is 6.07 Å². The van der Waals surface area contributed by atoms with E-state index in [1.54, 1.807) is 0 Å². The lowest BCUT2D eigenvalue weighted by molar-refractivity contribution is 0.0681. The summed E-state index contributed by atoms with van der Waals surface area (Å²) in [4.78, 5) is 14.3. The zero-order valence-corrected chi connectivity index (χ0v) is 12.8. The number of carbonyl (C=O) groups excluding carboxylic acids is 1. The van der Waals surface area contributed by atoms with Crippen molar-refractivity contribution in [3.63, 3.8) is 0 Å². The van der Waals surface area contributed by atoms with E-state index in [1.165, 1.54) is 6.42 Å². The predicted molar refractivity (Wildman–Crippen MR) is 79.8 cm³/mol. The molecule has 1 aromatic rings. The molecule has 0 unspecified atom stereocenters. The van der Waals surface area contributed by atoms with Gasteiger partial charge < -0.3 is 10.2 Å². The Morgan fingerprint density at radius 1 is 1.50 bits per heavy atom. The number of hydrogen-bond donors (Lipinski definition) is 2. The zero-order valence-electron chi connectivity index (χ0n) is 12.8. The molecule has 0 aliphatic carbocycles. The minimum atomic E-state index is 0.0696. The van der Waals surface area contributed by atoms with Gasteiger partial charge in [0.2, 0.25) is 0 Å². The van der Waals surface area contributed by atoms with Crippen molar-refractivity contribution in [1.29, 1.82) is 0 Å². The van der Waals surface area contributed by atoms with Gasteiger partial charge in [-0.05, 0) is 50.8 Å². The smallest absolute Gasteiger partial charge is 0.274 e. The normalized spacial score (nSPS) is 16.9. The minimum Gasteiger partial charge on any atom is -0.337 e. The highest BCUT2D eigenvalue weighted by Gasteiger charge is 2.24. The predicted octanol–water partition coefficient (Wildman–Crippen LogP) is 1.99. The highest BCUT2D eigenvalue weighted by molar-refractivity contribution is 5.92. The zero-order chi connectivity index (χ0) is 14.5. The van der Waals surface area contributed by atoms with Crippen molar-refractivity contribution >= 4 is 5.91 Å². The molecule has 1 amide bonds. The molecule has 0 spiro atoms. The van der Waals surface area contributed by atoms with Gasteiger partial charge >= 0.3 is 0 Å². The van der Waals surface area contributed by atoms with Crippen LogP contribution in [0.5, 0.6) is 0 Å². The van der Waals surface area contributed by atoms with E-state index < -0.39 is 0 Å². The van der Waals surface area contributed by atoms with Gasteiger partial charge in [-0.15, -0.1) is 0 Å². The third-order valence-corrected chi connectivity index (χ3v) is 4.14. The van der Waals surface area contributed by atoms with E-state index in [9.17, 15) is 4.79 Å². The van der Waals surface area contributed by atoms with Gasteiger partial charge in [-0.2, -0.15) is 5.10 Å². The first-order chi connectivity index (χ1) is 9.61. The van der Waals surface area contributed by atoms with E-state index in [0.29, 0.717) is 11.6 Å². The van der Waals surface area contributed by atoms with Crippen LogP contribution in [0.25, 0.3) is 0 Å². The summed E-state index contributed by atoms with van der Waals surface area (Å²) < 4.78 is 0. The van der Waals surface area contributed by atoms with Crippen molar-refractivity contribution in [3.05, 3.63) is 17.5 Å². The van der Waals surface area contributed by atoms with Crippen molar-refractivity contribution in [2.45, 2.75) is 39.0 Å². The van der Waals surface area contributed by atoms with E-state index in [1.807, 2.05) is 18.0 Å². The van der Waals surface area contributed by atoms with Gasteiger partial charge in [0.1, 0.15) is 5.69 Å². The molecular weight excluding hydrogens is 252 g/mol. The van der Waals surface area contributed by atoms with Crippen LogP contribution in [0.2, 0.25) is 0 Å². The fourth-order valence-corrected chi connectivity index (χ4v) is 2.68. The quantitative estimate of drug-likeness (QED) is 0.866. The summed E-state index contributed by atoms with van der Waals surface area (Å²) >= 11 is 0. The Morgan fingerprint density at radius 3 is 2.75 bits per heavy atom. The van der Waals surface area contributed by atoms with E-state index in [-0.39, 0.29) is 5.91 Å². The third-order valence-electron chi connectivity index (χ3n) is 4.14. The van der Waals surface area contributed by atoms with Crippen LogP contribution in [0.1, 0.15) is 55.2 Å². The molecule has 20 heavy (non-hydrogen) atoms.